The van der Waals surface area contributed by atoms with Gasteiger partial charge in [0.05, 0.1) is 0 Å². The van der Waals surface area contributed by atoms with Gasteiger partial charge in [-0.05, 0) is 29.7 Å². The van der Waals surface area contributed by atoms with Crippen LogP contribution in [0.3, 0.4) is 0 Å². The highest BCUT2D eigenvalue weighted by Crippen LogP contribution is 2.52. The van der Waals surface area contributed by atoms with Gasteiger partial charge in [-0.3, -0.25) is 14.9 Å². The highest BCUT2D eigenvalue weighted by atomic mass is 16.2. The predicted molar refractivity (Wildman–Crippen MR) is 107 cm³/mol. The Labute approximate surface area is 164 Å². The van der Waals surface area contributed by atoms with Crippen molar-refractivity contribution in [3.05, 3.63) is 53.9 Å². The van der Waals surface area contributed by atoms with Crippen molar-refractivity contribution in [2.24, 2.45) is 5.41 Å². The summed E-state index contributed by atoms with van der Waals surface area (Å²) in [5.74, 6) is 2.02. The molecule has 6 nitrogen and oxygen atoms in total. The van der Waals surface area contributed by atoms with Crippen LogP contribution in [-0.4, -0.2) is 44.1 Å². The van der Waals surface area contributed by atoms with E-state index in [1.165, 1.54) is 12.8 Å². The van der Waals surface area contributed by atoms with Crippen molar-refractivity contribution >= 4 is 16.7 Å². The van der Waals surface area contributed by atoms with Gasteiger partial charge in [0, 0.05) is 37.0 Å². The molecule has 1 aliphatic carbocycles. The number of aromatic nitrogens is 4. The second kappa shape index (κ2) is 6.69. The minimum Gasteiger partial charge on any atom is -0.336 e. The van der Waals surface area contributed by atoms with Gasteiger partial charge < -0.3 is 4.90 Å². The highest BCUT2D eigenvalue weighted by Gasteiger charge is 2.51. The zero-order valence-electron chi connectivity index (χ0n) is 16.2. The number of nitrogens with zero attached hydrogens (tertiary/aromatic N) is 4. The van der Waals surface area contributed by atoms with Crippen molar-refractivity contribution < 1.29 is 4.79 Å². The second-order valence-electron chi connectivity index (χ2n) is 8.18. The lowest BCUT2D eigenvalue weighted by Gasteiger charge is -2.27. The third-order valence-corrected chi connectivity index (χ3v) is 6.61. The summed E-state index contributed by atoms with van der Waals surface area (Å²) in [6, 6.07) is 9.92. The van der Waals surface area contributed by atoms with E-state index in [9.17, 15) is 4.79 Å². The van der Waals surface area contributed by atoms with Crippen LogP contribution in [0.15, 0.2) is 36.5 Å². The topological polar surface area (TPSA) is 74.8 Å². The molecule has 2 fully saturated rings. The number of aryl methyl sites for hydroxylation is 1. The molecule has 1 saturated heterocycles. The lowest BCUT2D eigenvalue weighted by atomic mass is 9.76. The van der Waals surface area contributed by atoms with E-state index in [0.717, 1.165) is 48.2 Å². The predicted octanol–water partition coefficient (Wildman–Crippen LogP) is 3.72. The molecule has 1 saturated carbocycles. The summed E-state index contributed by atoms with van der Waals surface area (Å²) in [7, 11) is 0. The molecule has 3 aromatic rings. The molecule has 1 aromatic carbocycles. The number of benzene rings is 1. The fraction of sp³-hybridized carbons (Fsp3) is 0.455. The molecule has 0 radical (unpaired) electrons. The smallest absolute Gasteiger partial charge is 0.273 e. The molecule has 144 valence electrons. The second-order valence-corrected chi connectivity index (χ2v) is 8.18. The zero-order chi connectivity index (χ0) is 19.1. The molecule has 1 aliphatic heterocycles. The van der Waals surface area contributed by atoms with Crippen LogP contribution in [0.5, 0.6) is 0 Å². The van der Waals surface area contributed by atoms with Crippen LogP contribution in [0.1, 0.15) is 60.7 Å². The van der Waals surface area contributed by atoms with Gasteiger partial charge in [-0.2, -0.15) is 5.10 Å². The summed E-state index contributed by atoms with van der Waals surface area (Å²) in [4.78, 5) is 24.6. The molecule has 1 spiro atoms. The number of likely N-dealkylation sites (tertiary alicyclic amines) is 1. The Morgan fingerprint density at radius 2 is 2.07 bits per heavy atom. The normalized spacial score (nSPS) is 21.0. The number of amides is 1. The number of hydrogen-bond acceptors (Lipinski definition) is 4. The number of rotatable bonds is 3. The van der Waals surface area contributed by atoms with Gasteiger partial charge in [0.1, 0.15) is 11.5 Å². The van der Waals surface area contributed by atoms with Gasteiger partial charge in [0.15, 0.2) is 5.82 Å². The molecule has 5 rings (SSSR count). The molecule has 0 bridgehead atoms. The Bertz CT molecular complexity index is 1020. The fourth-order valence-corrected chi connectivity index (χ4v) is 5.13. The zero-order valence-corrected chi connectivity index (χ0v) is 16.2. The van der Waals surface area contributed by atoms with Crippen molar-refractivity contribution in [1.29, 1.82) is 0 Å². The molecular weight excluding hydrogens is 350 g/mol. The number of nitrogens with one attached hydrogen (secondary N) is 1. The quantitative estimate of drug-likeness (QED) is 0.757. The molecule has 28 heavy (non-hydrogen) atoms. The number of hydrogen-bond donors (Lipinski definition) is 1. The number of aromatic amines is 1. The number of pyridine rings is 1. The third kappa shape index (κ3) is 2.70. The first-order chi connectivity index (χ1) is 13.7. The summed E-state index contributed by atoms with van der Waals surface area (Å²) in [6.45, 7) is 3.52. The minimum absolute atomic E-state index is 0.0248. The fourth-order valence-electron chi connectivity index (χ4n) is 5.13. The molecule has 1 amide bonds. The summed E-state index contributed by atoms with van der Waals surface area (Å²) >= 11 is 0. The summed E-state index contributed by atoms with van der Waals surface area (Å²) in [5, 5.41) is 9.55. The first-order valence-electron chi connectivity index (χ1n) is 10.2. The van der Waals surface area contributed by atoms with Crippen molar-refractivity contribution in [2.75, 3.05) is 13.1 Å². The number of carbonyl (C=O) groups is 1. The summed E-state index contributed by atoms with van der Waals surface area (Å²) in [6.07, 6.45) is 7.29. The largest absolute Gasteiger partial charge is 0.336 e. The molecule has 2 aliphatic rings. The third-order valence-electron chi connectivity index (χ3n) is 6.61. The Hall–Kier alpha value is -2.76. The van der Waals surface area contributed by atoms with E-state index in [1.807, 2.05) is 35.2 Å². The Balaban J connectivity index is 1.50. The van der Waals surface area contributed by atoms with E-state index in [-0.39, 0.29) is 17.2 Å². The van der Waals surface area contributed by atoms with Gasteiger partial charge in [-0.25, -0.2) is 4.98 Å². The average Bonchev–Trinajstić information content (AvgIpc) is 3.47. The Morgan fingerprint density at radius 1 is 1.25 bits per heavy atom. The van der Waals surface area contributed by atoms with E-state index in [2.05, 4.69) is 22.1 Å². The number of fused-ring (bicyclic) bond motifs is 1. The van der Waals surface area contributed by atoms with Crippen LogP contribution in [-0.2, 0) is 6.42 Å². The molecule has 6 heteroatoms. The van der Waals surface area contributed by atoms with Crippen molar-refractivity contribution in [2.45, 2.75) is 44.9 Å². The lowest BCUT2D eigenvalue weighted by molar-refractivity contribution is 0.0769. The maximum Gasteiger partial charge on any atom is 0.273 e. The van der Waals surface area contributed by atoms with Crippen LogP contribution in [0.4, 0.5) is 0 Å². The van der Waals surface area contributed by atoms with Gasteiger partial charge in [0.2, 0.25) is 0 Å². The van der Waals surface area contributed by atoms with E-state index in [0.29, 0.717) is 12.2 Å². The van der Waals surface area contributed by atoms with Crippen molar-refractivity contribution in [3.8, 4) is 0 Å². The molecule has 1 N–H and O–H groups in total. The van der Waals surface area contributed by atoms with Crippen LogP contribution < -0.4 is 0 Å². The first-order valence-corrected chi connectivity index (χ1v) is 10.2. The SMILES string of the molecule is CCc1nc(C2CN(C(=O)c3nccc4ccccc34)CC23CCCC3)n[nH]1. The monoisotopic (exact) mass is 375 g/mol. The van der Waals surface area contributed by atoms with Gasteiger partial charge >= 0.3 is 0 Å². The van der Waals surface area contributed by atoms with E-state index in [4.69, 9.17) is 4.98 Å². The van der Waals surface area contributed by atoms with Crippen LogP contribution >= 0.6 is 0 Å². The Kier molecular flexibility index (Phi) is 4.14. The highest BCUT2D eigenvalue weighted by molar-refractivity contribution is 6.05. The molecule has 1 atom stereocenters. The first kappa shape index (κ1) is 17.3. The molecule has 3 heterocycles. The van der Waals surface area contributed by atoms with Crippen molar-refractivity contribution in [3.63, 3.8) is 0 Å². The van der Waals surface area contributed by atoms with Crippen LogP contribution in [0.2, 0.25) is 0 Å². The van der Waals surface area contributed by atoms with E-state index in [1.54, 1.807) is 6.20 Å². The lowest BCUT2D eigenvalue weighted by Crippen LogP contribution is -2.32. The standard InChI is InChI=1S/C22H25N5O/c1-2-18-24-20(26-25-18)17-13-27(14-22(17)10-5-6-11-22)21(28)19-16-8-4-3-7-15(16)9-12-23-19/h3-4,7-9,12,17H,2,5-6,10-11,13-14H2,1H3,(H,24,25,26). The number of carbonyl (C=O) groups excluding carboxylic acids is 1. The minimum atomic E-state index is 0.0248. The van der Waals surface area contributed by atoms with Crippen LogP contribution in [0, 0.1) is 5.41 Å². The van der Waals surface area contributed by atoms with Gasteiger partial charge in [0.25, 0.3) is 5.91 Å². The average molecular weight is 375 g/mol. The molecular formula is C22H25N5O. The maximum absolute atomic E-state index is 13.5. The van der Waals surface area contributed by atoms with Gasteiger partial charge in [-0.15, -0.1) is 0 Å². The molecule has 1 unspecified atom stereocenters. The summed E-state index contributed by atoms with van der Waals surface area (Å²) < 4.78 is 0. The summed E-state index contributed by atoms with van der Waals surface area (Å²) in [5.41, 5.74) is 0.657. The van der Waals surface area contributed by atoms with Crippen molar-refractivity contribution in [1.82, 2.24) is 25.1 Å². The Morgan fingerprint density at radius 3 is 2.86 bits per heavy atom. The van der Waals surface area contributed by atoms with E-state index >= 15 is 0 Å². The van der Waals surface area contributed by atoms with E-state index < -0.39 is 0 Å². The number of H-pyrrole nitrogens is 1. The maximum atomic E-state index is 13.5. The van der Waals surface area contributed by atoms with Gasteiger partial charge in [-0.1, -0.05) is 44.0 Å². The van der Waals surface area contributed by atoms with Crippen LogP contribution in [0.25, 0.3) is 10.8 Å². The molecule has 2 aromatic heterocycles.